The lowest BCUT2D eigenvalue weighted by molar-refractivity contribution is -0.122. The minimum atomic E-state index is -0.604. The first-order valence-electron chi connectivity index (χ1n) is 11.4. The van der Waals surface area contributed by atoms with Crippen LogP contribution in [0, 0.1) is 6.92 Å². The number of carbonyl (C=O) groups is 3. The average molecular weight is 529 g/mol. The van der Waals surface area contributed by atoms with Gasteiger partial charge in [0.1, 0.15) is 12.1 Å². The summed E-state index contributed by atoms with van der Waals surface area (Å²) in [6.07, 6.45) is 3.26. The summed E-state index contributed by atoms with van der Waals surface area (Å²) in [6.45, 7) is 2.03. The zero-order valence-corrected chi connectivity index (χ0v) is 21.3. The molecule has 1 fully saturated rings. The predicted octanol–water partition coefficient (Wildman–Crippen LogP) is 5.07. The standard InChI is InChI=1S/C28H21ClN4O3S/c1-17-10-12-19(13-11-17)30-25(34)16-32-15-18(20-6-2-4-8-23(20)32)14-21-26(35)31-28(37)33(27(21)36)24-9-5-3-7-22(24)29/h2-15H,16H2,1H3,(H,30,34)(H,31,35,37)/b21-14+. The van der Waals surface area contributed by atoms with Gasteiger partial charge >= 0.3 is 0 Å². The summed E-state index contributed by atoms with van der Waals surface area (Å²) >= 11 is 11.6. The molecule has 0 radical (unpaired) electrons. The van der Waals surface area contributed by atoms with Crippen molar-refractivity contribution in [3.8, 4) is 0 Å². The van der Waals surface area contributed by atoms with Crippen LogP contribution in [0.3, 0.4) is 0 Å². The summed E-state index contributed by atoms with van der Waals surface area (Å²) in [5, 5.41) is 6.53. The Labute approximate surface area is 223 Å². The zero-order chi connectivity index (χ0) is 26.1. The fourth-order valence-corrected chi connectivity index (χ4v) is 4.67. The summed E-state index contributed by atoms with van der Waals surface area (Å²) in [4.78, 5) is 40.2. The van der Waals surface area contributed by atoms with Gasteiger partial charge in [-0.2, -0.15) is 0 Å². The highest BCUT2D eigenvalue weighted by Gasteiger charge is 2.35. The van der Waals surface area contributed by atoms with Crippen molar-refractivity contribution in [1.29, 1.82) is 0 Å². The second kappa shape index (κ2) is 10.0. The van der Waals surface area contributed by atoms with Crippen LogP contribution < -0.4 is 15.5 Å². The van der Waals surface area contributed by atoms with Gasteiger partial charge in [-0.25, -0.2) is 0 Å². The van der Waals surface area contributed by atoms with Crippen LogP contribution in [0.15, 0.2) is 84.6 Å². The number of amides is 3. The van der Waals surface area contributed by atoms with Gasteiger partial charge in [-0.1, -0.05) is 59.6 Å². The van der Waals surface area contributed by atoms with Gasteiger partial charge in [0.25, 0.3) is 11.8 Å². The number of aryl methyl sites for hydroxylation is 1. The third-order valence-electron chi connectivity index (χ3n) is 5.96. The second-order valence-electron chi connectivity index (χ2n) is 8.55. The molecule has 37 heavy (non-hydrogen) atoms. The van der Waals surface area contributed by atoms with Gasteiger partial charge in [-0.3, -0.25) is 24.6 Å². The van der Waals surface area contributed by atoms with Crippen LogP contribution in [0.1, 0.15) is 11.1 Å². The summed E-state index contributed by atoms with van der Waals surface area (Å²) < 4.78 is 1.78. The minimum Gasteiger partial charge on any atom is -0.337 e. The van der Waals surface area contributed by atoms with E-state index in [2.05, 4.69) is 10.6 Å². The van der Waals surface area contributed by atoms with Crippen molar-refractivity contribution in [2.45, 2.75) is 13.5 Å². The molecule has 3 aromatic carbocycles. The first-order chi connectivity index (χ1) is 17.8. The van der Waals surface area contributed by atoms with E-state index in [1.807, 2.05) is 55.5 Å². The van der Waals surface area contributed by atoms with E-state index in [0.717, 1.165) is 16.5 Å². The molecular weight excluding hydrogens is 508 g/mol. The van der Waals surface area contributed by atoms with Gasteiger partial charge in [0.15, 0.2) is 5.11 Å². The molecule has 3 amide bonds. The number of para-hydroxylation sites is 2. The van der Waals surface area contributed by atoms with E-state index in [1.165, 1.54) is 11.0 Å². The molecule has 0 saturated carbocycles. The topological polar surface area (TPSA) is 83.4 Å². The first-order valence-corrected chi connectivity index (χ1v) is 12.2. The molecule has 0 unspecified atom stereocenters. The number of thiocarbonyl (C=S) groups is 1. The Kier molecular flexibility index (Phi) is 6.60. The number of hydrogen-bond acceptors (Lipinski definition) is 4. The van der Waals surface area contributed by atoms with E-state index in [1.54, 1.807) is 35.0 Å². The van der Waals surface area contributed by atoms with Crippen molar-refractivity contribution < 1.29 is 14.4 Å². The van der Waals surface area contributed by atoms with Crippen molar-refractivity contribution in [2.24, 2.45) is 0 Å². The number of carbonyl (C=O) groups excluding carboxylic acids is 3. The molecule has 1 aliphatic rings. The van der Waals surface area contributed by atoms with Crippen LogP contribution >= 0.6 is 23.8 Å². The molecule has 1 aromatic heterocycles. The smallest absolute Gasteiger partial charge is 0.270 e. The summed E-state index contributed by atoms with van der Waals surface area (Å²) in [7, 11) is 0. The second-order valence-corrected chi connectivity index (χ2v) is 9.35. The maximum atomic E-state index is 13.4. The molecule has 7 nitrogen and oxygen atoms in total. The quantitative estimate of drug-likeness (QED) is 0.215. The number of rotatable bonds is 5. The molecule has 5 rings (SSSR count). The maximum Gasteiger partial charge on any atom is 0.270 e. The fourth-order valence-electron chi connectivity index (χ4n) is 4.18. The van der Waals surface area contributed by atoms with E-state index in [0.29, 0.717) is 22.0 Å². The number of halogens is 1. The predicted molar refractivity (Wildman–Crippen MR) is 149 cm³/mol. The molecule has 2 N–H and O–H groups in total. The monoisotopic (exact) mass is 528 g/mol. The van der Waals surface area contributed by atoms with Crippen molar-refractivity contribution in [3.63, 3.8) is 0 Å². The van der Waals surface area contributed by atoms with Gasteiger partial charge in [0.2, 0.25) is 5.91 Å². The van der Waals surface area contributed by atoms with Crippen molar-refractivity contribution in [3.05, 3.63) is 101 Å². The van der Waals surface area contributed by atoms with Crippen molar-refractivity contribution in [1.82, 2.24) is 9.88 Å². The average Bonchev–Trinajstić information content (AvgIpc) is 3.21. The number of benzene rings is 3. The van der Waals surface area contributed by atoms with Crippen molar-refractivity contribution in [2.75, 3.05) is 10.2 Å². The molecule has 0 atom stereocenters. The van der Waals surface area contributed by atoms with Crippen LogP contribution in [0.5, 0.6) is 0 Å². The SMILES string of the molecule is Cc1ccc(NC(=O)Cn2cc(/C=C3\C(=O)NC(=S)N(c4ccccc4Cl)C3=O)c3ccccc32)cc1. The zero-order valence-electron chi connectivity index (χ0n) is 19.7. The third-order valence-corrected chi connectivity index (χ3v) is 6.57. The Balaban J connectivity index is 1.49. The maximum absolute atomic E-state index is 13.4. The number of hydrogen-bond donors (Lipinski definition) is 2. The van der Waals surface area contributed by atoms with Crippen LogP contribution in [-0.2, 0) is 20.9 Å². The lowest BCUT2D eigenvalue weighted by Gasteiger charge is -2.29. The molecule has 9 heteroatoms. The van der Waals surface area contributed by atoms with Crippen LogP contribution in [-0.4, -0.2) is 27.4 Å². The molecule has 4 aromatic rings. The minimum absolute atomic E-state index is 0.0459. The summed E-state index contributed by atoms with van der Waals surface area (Å²) in [5.74, 6) is -1.39. The fraction of sp³-hybridized carbons (Fsp3) is 0.0714. The highest BCUT2D eigenvalue weighted by Crippen LogP contribution is 2.30. The Bertz CT molecular complexity index is 1610. The molecule has 0 spiro atoms. The number of anilines is 2. The Hall–Kier alpha value is -4.27. The summed E-state index contributed by atoms with van der Waals surface area (Å²) in [5.41, 5.74) is 3.48. The van der Waals surface area contributed by atoms with Crippen LogP contribution in [0.2, 0.25) is 5.02 Å². The molecule has 1 aliphatic heterocycles. The molecular formula is C28H21ClN4O3S. The van der Waals surface area contributed by atoms with Gasteiger partial charge in [-0.15, -0.1) is 0 Å². The first kappa shape index (κ1) is 24.4. The van der Waals surface area contributed by atoms with Gasteiger partial charge in [0, 0.05) is 28.4 Å². The largest absolute Gasteiger partial charge is 0.337 e. The summed E-state index contributed by atoms with van der Waals surface area (Å²) in [6, 6.07) is 21.8. The Morgan fingerprint density at radius 3 is 2.49 bits per heavy atom. The molecule has 0 bridgehead atoms. The van der Waals surface area contributed by atoms with E-state index in [-0.39, 0.29) is 23.1 Å². The molecule has 184 valence electrons. The lowest BCUT2D eigenvalue weighted by atomic mass is 10.1. The number of nitrogens with one attached hydrogen (secondary N) is 2. The normalized spacial score (nSPS) is 14.8. The van der Waals surface area contributed by atoms with Crippen LogP contribution in [0.25, 0.3) is 17.0 Å². The van der Waals surface area contributed by atoms with Gasteiger partial charge < -0.3 is 9.88 Å². The highest BCUT2D eigenvalue weighted by molar-refractivity contribution is 7.80. The third kappa shape index (κ3) is 4.89. The Morgan fingerprint density at radius 2 is 1.73 bits per heavy atom. The van der Waals surface area contributed by atoms with Gasteiger partial charge in [0.05, 0.1) is 10.7 Å². The highest BCUT2D eigenvalue weighted by atomic mass is 35.5. The Morgan fingerprint density at radius 1 is 1.03 bits per heavy atom. The van der Waals surface area contributed by atoms with Crippen LogP contribution in [0.4, 0.5) is 11.4 Å². The molecule has 2 heterocycles. The number of nitrogens with zero attached hydrogens (tertiary/aromatic N) is 2. The van der Waals surface area contributed by atoms with Gasteiger partial charge in [-0.05, 0) is 55.5 Å². The number of fused-ring (bicyclic) bond motifs is 1. The van der Waals surface area contributed by atoms with E-state index < -0.39 is 11.8 Å². The van der Waals surface area contributed by atoms with Crippen molar-refractivity contribution >= 4 is 75.0 Å². The van der Waals surface area contributed by atoms with E-state index >= 15 is 0 Å². The number of aromatic nitrogens is 1. The van der Waals surface area contributed by atoms with E-state index in [9.17, 15) is 14.4 Å². The lowest BCUT2D eigenvalue weighted by Crippen LogP contribution is -2.54. The van der Waals surface area contributed by atoms with E-state index in [4.69, 9.17) is 23.8 Å². The molecule has 0 aliphatic carbocycles. The molecule has 1 saturated heterocycles.